The average molecular weight is 253 g/mol. The van der Waals surface area contributed by atoms with E-state index in [1.165, 1.54) is 24.3 Å². The van der Waals surface area contributed by atoms with Crippen molar-refractivity contribution < 1.29 is 13.6 Å². The third-order valence-corrected chi connectivity index (χ3v) is 2.83. The lowest BCUT2D eigenvalue weighted by Gasteiger charge is -2.06. The second-order valence-electron chi connectivity index (χ2n) is 3.69. The molecule has 0 fully saturated rings. The van der Waals surface area contributed by atoms with Crippen LogP contribution in [-0.4, -0.2) is 5.78 Å². The number of hydrogen-bond acceptors (Lipinski definition) is 2. The number of rotatable bonds is 3. The van der Waals surface area contributed by atoms with Crippen molar-refractivity contribution >= 4 is 17.4 Å². The molecule has 0 aliphatic heterocycles. The fourth-order valence-electron chi connectivity index (χ4n) is 1.47. The second kappa shape index (κ2) is 4.72. The third kappa shape index (κ3) is 2.56. The molecule has 0 spiro atoms. The number of halogens is 2. The highest BCUT2D eigenvalue weighted by Crippen LogP contribution is 2.26. The Labute approximate surface area is 103 Å². The molecule has 0 radical (unpaired) electrons. The lowest BCUT2D eigenvalue weighted by Crippen LogP contribution is -2.06. The van der Waals surface area contributed by atoms with E-state index in [-0.39, 0.29) is 17.4 Å². The number of hydrogen-bond donors (Lipinski definition) is 0. The van der Waals surface area contributed by atoms with Crippen LogP contribution in [-0.2, 0) is 0 Å². The van der Waals surface area contributed by atoms with Crippen molar-refractivity contribution in [3.05, 3.63) is 59.3 Å². The van der Waals surface area contributed by atoms with Crippen LogP contribution in [0.15, 0.2) is 40.8 Å². The third-order valence-electron chi connectivity index (χ3n) is 2.38. The minimum absolute atomic E-state index is 0.215. The van der Waals surface area contributed by atoms with Crippen LogP contribution in [0.25, 0.3) is 0 Å². The van der Waals surface area contributed by atoms with Gasteiger partial charge in [0.1, 0.15) is 17.0 Å². The number of aryl methyl sites for hydroxylation is 1. The van der Waals surface area contributed by atoms with Gasteiger partial charge < -0.3 is 4.42 Å². The lowest BCUT2D eigenvalue weighted by molar-refractivity contribution is 0.0959. The Hall–Kier alpha value is -1.61. The summed E-state index contributed by atoms with van der Waals surface area (Å²) >= 11 is 6.02. The molecule has 2 rings (SSSR count). The van der Waals surface area contributed by atoms with E-state index in [9.17, 15) is 9.18 Å². The monoisotopic (exact) mass is 252 g/mol. The Morgan fingerprint density at radius 1 is 1.24 bits per heavy atom. The number of carbonyl (C=O) groups is 1. The molecule has 1 aromatic carbocycles. The van der Waals surface area contributed by atoms with E-state index in [0.29, 0.717) is 11.3 Å². The average Bonchev–Trinajstić information content (AvgIpc) is 2.75. The molecular weight excluding hydrogens is 243 g/mol. The summed E-state index contributed by atoms with van der Waals surface area (Å²) in [6, 6.07) is 8.79. The molecule has 1 unspecified atom stereocenters. The lowest BCUT2D eigenvalue weighted by atomic mass is 10.1. The van der Waals surface area contributed by atoms with Gasteiger partial charge in [-0.2, -0.15) is 0 Å². The van der Waals surface area contributed by atoms with Crippen LogP contribution in [0.3, 0.4) is 0 Å². The first kappa shape index (κ1) is 11.9. The first-order chi connectivity index (χ1) is 8.08. The summed E-state index contributed by atoms with van der Waals surface area (Å²) < 4.78 is 17.9. The molecule has 88 valence electrons. The zero-order valence-corrected chi connectivity index (χ0v) is 9.87. The predicted molar refractivity (Wildman–Crippen MR) is 62.8 cm³/mol. The van der Waals surface area contributed by atoms with Gasteiger partial charge in [0.2, 0.25) is 5.78 Å². The van der Waals surface area contributed by atoms with Gasteiger partial charge in [-0.25, -0.2) is 4.39 Å². The fourth-order valence-corrected chi connectivity index (χ4v) is 1.73. The molecule has 0 aliphatic rings. The molecule has 0 saturated carbocycles. The minimum atomic E-state index is -0.860. The van der Waals surface area contributed by atoms with Gasteiger partial charge in [0.15, 0.2) is 5.76 Å². The van der Waals surface area contributed by atoms with Crippen molar-refractivity contribution in [3.8, 4) is 0 Å². The Morgan fingerprint density at radius 3 is 2.41 bits per heavy atom. The SMILES string of the molecule is Cc1ccc(C(=O)C(Cl)c2ccc(F)cc2)o1. The van der Waals surface area contributed by atoms with Gasteiger partial charge in [-0.15, -0.1) is 11.6 Å². The molecule has 1 heterocycles. The Bertz CT molecular complexity index is 531. The normalized spacial score (nSPS) is 12.4. The summed E-state index contributed by atoms with van der Waals surface area (Å²) in [5.74, 6) is 0.174. The van der Waals surface area contributed by atoms with Gasteiger partial charge in [0.25, 0.3) is 0 Å². The summed E-state index contributed by atoms with van der Waals surface area (Å²) in [5.41, 5.74) is 0.548. The zero-order valence-electron chi connectivity index (χ0n) is 9.11. The Balaban J connectivity index is 2.23. The number of Topliss-reactive ketones (excluding diaryl/α,β-unsaturated/α-hetero) is 1. The van der Waals surface area contributed by atoms with Gasteiger partial charge in [0, 0.05) is 0 Å². The van der Waals surface area contributed by atoms with Crippen molar-refractivity contribution in [2.24, 2.45) is 0 Å². The number of furan rings is 1. The summed E-state index contributed by atoms with van der Waals surface area (Å²) in [7, 11) is 0. The van der Waals surface area contributed by atoms with E-state index >= 15 is 0 Å². The summed E-state index contributed by atoms with van der Waals surface area (Å²) in [6.45, 7) is 1.75. The van der Waals surface area contributed by atoms with Gasteiger partial charge in [-0.3, -0.25) is 4.79 Å². The number of benzene rings is 1. The van der Waals surface area contributed by atoms with Gasteiger partial charge in [-0.1, -0.05) is 12.1 Å². The van der Waals surface area contributed by atoms with E-state index in [2.05, 4.69) is 0 Å². The Kier molecular flexibility index (Phi) is 3.29. The molecule has 0 N–H and O–H groups in total. The number of alkyl halides is 1. The van der Waals surface area contributed by atoms with E-state index < -0.39 is 5.38 Å². The maximum atomic E-state index is 12.7. The quantitative estimate of drug-likeness (QED) is 0.613. The van der Waals surface area contributed by atoms with Crippen LogP contribution < -0.4 is 0 Å². The molecule has 0 bridgehead atoms. The van der Waals surface area contributed by atoms with Crippen LogP contribution in [0.5, 0.6) is 0 Å². The zero-order chi connectivity index (χ0) is 12.4. The largest absolute Gasteiger partial charge is 0.458 e. The topological polar surface area (TPSA) is 30.2 Å². The fraction of sp³-hybridized carbons (Fsp3) is 0.154. The smallest absolute Gasteiger partial charge is 0.220 e. The van der Waals surface area contributed by atoms with Crippen LogP contribution >= 0.6 is 11.6 Å². The van der Waals surface area contributed by atoms with Crippen LogP contribution in [0, 0.1) is 12.7 Å². The molecular formula is C13H10ClFO2. The van der Waals surface area contributed by atoms with Crippen molar-refractivity contribution in [2.45, 2.75) is 12.3 Å². The first-order valence-corrected chi connectivity index (χ1v) is 5.52. The number of ketones is 1. The van der Waals surface area contributed by atoms with E-state index in [4.69, 9.17) is 16.0 Å². The molecule has 1 atom stereocenters. The standard InChI is InChI=1S/C13H10ClFO2/c1-8-2-7-11(17-8)13(16)12(14)9-3-5-10(15)6-4-9/h2-7,12H,1H3. The summed E-state index contributed by atoms with van der Waals surface area (Å²) in [4.78, 5) is 11.9. The molecule has 0 saturated heterocycles. The summed E-state index contributed by atoms with van der Waals surface area (Å²) in [5, 5.41) is -0.860. The molecule has 17 heavy (non-hydrogen) atoms. The van der Waals surface area contributed by atoms with E-state index in [1.807, 2.05) is 0 Å². The van der Waals surface area contributed by atoms with Gasteiger partial charge >= 0.3 is 0 Å². The molecule has 2 aromatic rings. The van der Waals surface area contributed by atoms with E-state index in [1.54, 1.807) is 19.1 Å². The molecule has 4 heteroatoms. The van der Waals surface area contributed by atoms with Crippen LogP contribution in [0.2, 0.25) is 0 Å². The van der Waals surface area contributed by atoms with Crippen molar-refractivity contribution in [2.75, 3.05) is 0 Å². The van der Waals surface area contributed by atoms with Crippen LogP contribution in [0.4, 0.5) is 4.39 Å². The molecule has 2 nitrogen and oxygen atoms in total. The number of carbonyl (C=O) groups excluding carboxylic acids is 1. The Morgan fingerprint density at radius 2 is 1.88 bits per heavy atom. The predicted octanol–water partition coefficient (Wildman–Crippen LogP) is 3.89. The van der Waals surface area contributed by atoms with E-state index in [0.717, 1.165) is 0 Å². The van der Waals surface area contributed by atoms with Crippen molar-refractivity contribution in [1.82, 2.24) is 0 Å². The maximum absolute atomic E-state index is 12.7. The molecule has 0 aliphatic carbocycles. The summed E-state index contributed by atoms with van der Waals surface area (Å²) in [6.07, 6.45) is 0. The second-order valence-corrected chi connectivity index (χ2v) is 4.13. The minimum Gasteiger partial charge on any atom is -0.458 e. The highest BCUT2D eigenvalue weighted by molar-refractivity contribution is 6.33. The molecule has 1 aromatic heterocycles. The van der Waals surface area contributed by atoms with Gasteiger partial charge in [0.05, 0.1) is 0 Å². The maximum Gasteiger partial charge on any atom is 0.220 e. The molecule has 0 amide bonds. The first-order valence-electron chi connectivity index (χ1n) is 5.08. The van der Waals surface area contributed by atoms with Crippen molar-refractivity contribution in [1.29, 1.82) is 0 Å². The van der Waals surface area contributed by atoms with Crippen LogP contribution in [0.1, 0.15) is 27.3 Å². The highest BCUT2D eigenvalue weighted by atomic mass is 35.5. The van der Waals surface area contributed by atoms with Gasteiger partial charge in [-0.05, 0) is 36.8 Å². The van der Waals surface area contributed by atoms with Crippen molar-refractivity contribution in [3.63, 3.8) is 0 Å². The highest BCUT2D eigenvalue weighted by Gasteiger charge is 2.22.